The normalized spacial score (nSPS) is 14.7. The molecule has 3 heteroatoms. The number of hydrogen-bond acceptors (Lipinski definition) is 3. The van der Waals surface area contributed by atoms with Crippen LogP contribution in [0.1, 0.15) is 25.5 Å². The number of hydrogen-bond donors (Lipinski definition) is 0. The van der Waals surface area contributed by atoms with Crippen LogP contribution in [0.15, 0.2) is 42.5 Å². The molecule has 3 nitrogen and oxygen atoms in total. The van der Waals surface area contributed by atoms with Crippen molar-refractivity contribution in [2.24, 2.45) is 0 Å². The van der Waals surface area contributed by atoms with E-state index in [0.29, 0.717) is 0 Å². The van der Waals surface area contributed by atoms with Crippen molar-refractivity contribution in [3.05, 3.63) is 48.0 Å². The minimum Gasteiger partial charge on any atom is -0.453 e. The summed E-state index contributed by atoms with van der Waals surface area (Å²) in [5, 5.41) is 0. The number of allylic oxidation sites excluding steroid dienone is 1. The molecule has 0 amide bonds. The molecule has 0 aromatic heterocycles. The summed E-state index contributed by atoms with van der Waals surface area (Å²) < 4.78 is 5.53. The van der Waals surface area contributed by atoms with E-state index in [9.17, 15) is 4.79 Å². The maximum Gasteiger partial charge on any atom is 0.331 e. The van der Waals surface area contributed by atoms with Crippen LogP contribution in [-0.2, 0) is 9.53 Å². The van der Waals surface area contributed by atoms with Gasteiger partial charge in [-0.3, -0.25) is 0 Å². The summed E-state index contributed by atoms with van der Waals surface area (Å²) in [4.78, 5) is 13.7. The van der Waals surface area contributed by atoms with Crippen LogP contribution in [0.2, 0.25) is 0 Å². The van der Waals surface area contributed by atoms with E-state index in [1.165, 1.54) is 6.08 Å². The molecule has 0 unspecified atom stereocenters. The largest absolute Gasteiger partial charge is 0.453 e. The highest BCUT2D eigenvalue weighted by atomic mass is 16.5. The molecule has 0 radical (unpaired) electrons. The highest BCUT2D eigenvalue weighted by molar-refractivity contribution is 5.82. The molecule has 0 saturated heterocycles. The van der Waals surface area contributed by atoms with Gasteiger partial charge < -0.3 is 9.64 Å². The molecule has 1 aromatic carbocycles. The van der Waals surface area contributed by atoms with Crippen molar-refractivity contribution in [1.82, 2.24) is 4.90 Å². The van der Waals surface area contributed by atoms with Gasteiger partial charge in [0.05, 0.1) is 0 Å². The molecule has 0 aliphatic rings. The molecule has 0 aliphatic heterocycles. The van der Waals surface area contributed by atoms with Crippen LogP contribution in [0.5, 0.6) is 0 Å². The molecule has 0 bridgehead atoms. The summed E-state index contributed by atoms with van der Waals surface area (Å²) in [5.74, 6) is -0.306. The van der Waals surface area contributed by atoms with E-state index >= 15 is 0 Å². The quantitative estimate of drug-likeness (QED) is 0.592. The standard InChI is InChI=1S/C15H21NO2/c1-5-9-14(17)18-15(12(2)16(3)4)13-10-7-6-8-11-13/h5-12,15H,1-4H3/b9-5-/t12-,15-/m1/s1. The molecule has 0 spiro atoms. The maximum atomic E-state index is 11.6. The first-order chi connectivity index (χ1) is 8.56. The van der Waals surface area contributed by atoms with Gasteiger partial charge in [-0.2, -0.15) is 0 Å². The smallest absolute Gasteiger partial charge is 0.331 e. The van der Waals surface area contributed by atoms with Gasteiger partial charge in [0.2, 0.25) is 0 Å². The maximum absolute atomic E-state index is 11.6. The van der Waals surface area contributed by atoms with Crippen molar-refractivity contribution in [2.75, 3.05) is 14.1 Å². The van der Waals surface area contributed by atoms with Crippen molar-refractivity contribution < 1.29 is 9.53 Å². The third kappa shape index (κ3) is 4.00. The number of esters is 1. The fourth-order valence-corrected chi connectivity index (χ4v) is 1.66. The summed E-state index contributed by atoms with van der Waals surface area (Å²) in [6.07, 6.45) is 2.87. The van der Waals surface area contributed by atoms with Gasteiger partial charge in [-0.15, -0.1) is 0 Å². The summed E-state index contributed by atoms with van der Waals surface area (Å²) in [6.45, 7) is 3.84. The molecule has 98 valence electrons. The van der Waals surface area contributed by atoms with Crippen molar-refractivity contribution >= 4 is 5.97 Å². The molecule has 0 heterocycles. The zero-order valence-electron chi connectivity index (χ0n) is 11.5. The number of benzene rings is 1. The van der Waals surface area contributed by atoms with Crippen LogP contribution in [0.25, 0.3) is 0 Å². The summed E-state index contributed by atoms with van der Waals surface area (Å²) >= 11 is 0. The Labute approximate surface area is 109 Å². The van der Waals surface area contributed by atoms with Gasteiger partial charge in [-0.25, -0.2) is 4.79 Å². The summed E-state index contributed by atoms with van der Waals surface area (Å²) in [5.41, 5.74) is 1.01. The fourth-order valence-electron chi connectivity index (χ4n) is 1.66. The lowest BCUT2D eigenvalue weighted by Gasteiger charge is -2.29. The van der Waals surface area contributed by atoms with E-state index in [2.05, 4.69) is 0 Å². The number of ether oxygens (including phenoxy) is 1. The first-order valence-corrected chi connectivity index (χ1v) is 6.11. The predicted molar refractivity (Wildman–Crippen MR) is 73.2 cm³/mol. The molecule has 0 N–H and O–H groups in total. The second-order valence-electron chi connectivity index (χ2n) is 4.47. The first kappa shape index (κ1) is 14.5. The van der Waals surface area contributed by atoms with Crippen LogP contribution >= 0.6 is 0 Å². The van der Waals surface area contributed by atoms with Gasteiger partial charge in [0, 0.05) is 12.1 Å². The Morgan fingerprint density at radius 2 is 1.89 bits per heavy atom. The second kappa shape index (κ2) is 6.97. The van der Waals surface area contributed by atoms with Gasteiger partial charge in [0.25, 0.3) is 0 Å². The van der Waals surface area contributed by atoms with Gasteiger partial charge in [0.1, 0.15) is 6.10 Å². The van der Waals surface area contributed by atoms with E-state index in [4.69, 9.17) is 4.74 Å². The second-order valence-corrected chi connectivity index (χ2v) is 4.47. The topological polar surface area (TPSA) is 29.5 Å². The summed E-state index contributed by atoms with van der Waals surface area (Å²) in [6, 6.07) is 9.93. The Kier molecular flexibility index (Phi) is 5.59. The SMILES string of the molecule is C/C=C\C(=O)O[C@@H](c1ccccc1)[C@@H](C)N(C)C. The number of carbonyl (C=O) groups is 1. The monoisotopic (exact) mass is 247 g/mol. The van der Waals surface area contributed by atoms with Crippen LogP contribution < -0.4 is 0 Å². The number of rotatable bonds is 5. The van der Waals surface area contributed by atoms with Crippen molar-refractivity contribution in [1.29, 1.82) is 0 Å². The molecule has 18 heavy (non-hydrogen) atoms. The molecule has 1 aromatic rings. The number of carbonyl (C=O) groups excluding carboxylic acids is 1. The molecule has 0 saturated carbocycles. The lowest BCUT2D eigenvalue weighted by Crippen LogP contribution is -2.33. The fraction of sp³-hybridized carbons (Fsp3) is 0.400. The molecular weight excluding hydrogens is 226 g/mol. The van der Waals surface area contributed by atoms with Crippen LogP contribution in [0, 0.1) is 0 Å². The third-order valence-electron chi connectivity index (χ3n) is 2.93. The van der Waals surface area contributed by atoms with Crippen LogP contribution in [0.3, 0.4) is 0 Å². The minimum atomic E-state index is -0.306. The van der Waals surface area contributed by atoms with Gasteiger partial charge in [-0.05, 0) is 33.5 Å². The molecule has 1 rings (SSSR count). The van der Waals surface area contributed by atoms with Crippen LogP contribution in [-0.4, -0.2) is 31.0 Å². The Bertz CT molecular complexity index is 398. The van der Waals surface area contributed by atoms with E-state index in [1.807, 2.05) is 56.3 Å². The van der Waals surface area contributed by atoms with Gasteiger partial charge in [-0.1, -0.05) is 36.4 Å². The lowest BCUT2D eigenvalue weighted by molar-refractivity contribution is -0.146. The lowest BCUT2D eigenvalue weighted by atomic mass is 10.0. The average Bonchev–Trinajstić information content (AvgIpc) is 2.36. The highest BCUT2D eigenvalue weighted by Crippen LogP contribution is 2.24. The minimum absolute atomic E-state index is 0.113. The van der Waals surface area contributed by atoms with E-state index < -0.39 is 0 Å². The average molecular weight is 247 g/mol. The van der Waals surface area contributed by atoms with Crippen LogP contribution in [0.4, 0.5) is 0 Å². The molecule has 0 fully saturated rings. The zero-order valence-corrected chi connectivity index (χ0v) is 11.5. The zero-order chi connectivity index (χ0) is 13.5. The highest BCUT2D eigenvalue weighted by Gasteiger charge is 2.24. The Morgan fingerprint density at radius 1 is 1.28 bits per heavy atom. The van der Waals surface area contributed by atoms with Gasteiger partial charge in [0.15, 0.2) is 0 Å². The Balaban J connectivity index is 2.92. The van der Waals surface area contributed by atoms with E-state index in [-0.39, 0.29) is 18.1 Å². The van der Waals surface area contributed by atoms with Crippen molar-refractivity contribution in [2.45, 2.75) is 26.0 Å². The number of likely N-dealkylation sites (N-methyl/N-ethyl adjacent to an activating group) is 1. The molecule has 0 aliphatic carbocycles. The summed E-state index contributed by atoms with van der Waals surface area (Å²) in [7, 11) is 3.95. The number of nitrogens with zero attached hydrogens (tertiary/aromatic N) is 1. The molecular formula is C15H21NO2. The van der Waals surface area contributed by atoms with Gasteiger partial charge >= 0.3 is 5.97 Å². The third-order valence-corrected chi connectivity index (χ3v) is 2.93. The Morgan fingerprint density at radius 3 is 2.39 bits per heavy atom. The van der Waals surface area contributed by atoms with E-state index in [0.717, 1.165) is 5.56 Å². The first-order valence-electron chi connectivity index (χ1n) is 6.11. The van der Waals surface area contributed by atoms with Crippen molar-refractivity contribution in [3.63, 3.8) is 0 Å². The molecule has 2 atom stereocenters. The van der Waals surface area contributed by atoms with Crippen molar-refractivity contribution in [3.8, 4) is 0 Å². The Hall–Kier alpha value is -1.61. The van der Waals surface area contributed by atoms with E-state index in [1.54, 1.807) is 13.0 Å². The predicted octanol–water partition coefficient (Wildman–Crippen LogP) is 2.80.